The fourth-order valence-corrected chi connectivity index (χ4v) is 2.53. The van der Waals surface area contributed by atoms with Crippen LogP contribution in [-0.2, 0) is 4.79 Å². The number of rotatable bonds is 4. The highest BCUT2D eigenvalue weighted by molar-refractivity contribution is 5.85. The number of hydrogen-bond acceptors (Lipinski definition) is 2. The van der Waals surface area contributed by atoms with Gasteiger partial charge < -0.3 is 11.1 Å². The van der Waals surface area contributed by atoms with Crippen molar-refractivity contribution in [2.45, 2.75) is 65.0 Å². The van der Waals surface area contributed by atoms with Gasteiger partial charge in [-0.2, -0.15) is 0 Å². The van der Waals surface area contributed by atoms with Crippen LogP contribution in [0.25, 0.3) is 0 Å². The van der Waals surface area contributed by atoms with Crippen molar-refractivity contribution < 1.29 is 4.79 Å². The van der Waals surface area contributed by atoms with E-state index in [-0.39, 0.29) is 5.91 Å². The zero-order chi connectivity index (χ0) is 12.3. The molecule has 3 N–H and O–H groups in total. The first-order valence-corrected chi connectivity index (χ1v) is 6.48. The Kier molecular flexibility index (Phi) is 4.36. The predicted molar refractivity (Wildman–Crippen MR) is 67.0 cm³/mol. The third-order valence-corrected chi connectivity index (χ3v) is 4.07. The van der Waals surface area contributed by atoms with Crippen molar-refractivity contribution >= 4 is 5.91 Å². The van der Waals surface area contributed by atoms with E-state index in [9.17, 15) is 4.79 Å². The van der Waals surface area contributed by atoms with Gasteiger partial charge in [0.05, 0.1) is 5.54 Å². The average molecular weight is 226 g/mol. The summed E-state index contributed by atoms with van der Waals surface area (Å²) in [4.78, 5) is 12.0. The summed E-state index contributed by atoms with van der Waals surface area (Å²) in [5.41, 5.74) is 5.31. The summed E-state index contributed by atoms with van der Waals surface area (Å²) in [6.07, 6.45) is 3.99. The summed E-state index contributed by atoms with van der Waals surface area (Å²) < 4.78 is 0. The second-order valence-corrected chi connectivity index (χ2v) is 5.66. The Labute approximate surface area is 99.2 Å². The molecule has 3 heteroatoms. The topological polar surface area (TPSA) is 55.1 Å². The van der Waals surface area contributed by atoms with Crippen LogP contribution in [-0.4, -0.2) is 17.5 Å². The quantitative estimate of drug-likeness (QED) is 0.771. The van der Waals surface area contributed by atoms with Crippen molar-refractivity contribution in [3.8, 4) is 0 Å². The Hall–Kier alpha value is -0.570. The molecule has 0 radical (unpaired) electrons. The Morgan fingerprint density at radius 3 is 2.50 bits per heavy atom. The fraction of sp³-hybridized carbons (Fsp3) is 0.923. The van der Waals surface area contributed by atoms with Gasteiger partial charge in [0.25, 0.3) is 0 Å². The largest absolute Gasteiger partial charge is 0.352 e. The second kappa shape index (κ2) is 5.17. The lowest BCUT2D eigenvalue weighted by Crippen LogP contribution is -2.54. The molecule has 0 aromatic rings. The summed E-state index contributed by atoms with van der Waals surface area (Å²) in [5, 5.41) is 3.12. The van der Waals surface area contributed by atoms with Gasteiger partial charge in [0.1, 0.15) is 0 Å². The first kappa shape index (κ1) is 13.5. The first-order valence-electron chi connectivity index (χ1n) is 6.48. The number of nitrogens with one attached hydrogen (secondary N) is 1. The third kappa shape index (κ3) is 2.97. The van der Waals surface area contributed by atoms with E-state index in [1.54, 1.807) is 0 Å². The Morgan fingerprint density at radius 1 is 1.44 bits per heavy atom. The molecule has 0 aromatic carbocycles. The molecule has 1 amide bonds. The van der Waals surface area contributed by atoms with Crippen molar-refractivity contribution in [2.75, 3.05) is 0 Å². The molecule has 0 spiro atoms. The maximum absolute atomic E-state index is 12.0. The minimum absolute atomic E-state index is 0.0142. The SMILES string of the molecule is CCCC(C)(N)C(=O)NC1CCC(C)C1C. The van der Waals surface area contributed by atoms with E-state index in [1.165, 1.54) is 6.42 Å². The summed E-state index contributed by atoms with van der Waals surface area (Å²) in [6, 6.07) is 0.322. The van der Waals surface area contributed by atoms with Crippen LogP contribution in [0.2, 0.25) is 0 Å². The molecule has 4 unspecified atom stereocenters. The van der Waals surface area contributed by atoms with Crippen LogP contribution < -0.4 is 11.1 Å². The molecule has 1 aliphatic rings. The first-order chi connectivity index (χ1) is 7.38. The number of amides is 1. The molecule has 0 aliphatic heterocycles. The van der Waals surface area contributed by atoms with E-state index in [0.717, 1.165) is 19.3 Å². The minimum atomic E-state index is -0.708. The minimum Gasteiger partial charge on any atom is -0.352 e. The van der Waals surface area contributed by atoms with Gasteiger partial charge in [-0.05, 0) is 38.0 Å². The van der Waals surface area contributed by atoms with E-state index in [4.69, 9.17) is 5.73 Å². The average Bonchev–Trinajstić information content (AvgIpc) is 2.49. The number of carbonyl (C=O) groups excluding carboxylic acids is 1. The van der Waals surface area contributed by atoms with Crippen LogP contribution in [0.4, 0.5) is 0 Å². The molecule has 0 aromatic heterocycles. The Balaban J connectivity index is 2.51. The van der Waals surface area contributed by atoms with Gasteiger partial charge in [0, 0.05) is 6.04 Å². The van der Waals surface area contributed by atoms with E-state index in [0.29, 0.717) is 17.9 Å². The van der Waals surface area contributed by atoms with Gasteiger partial charge in [-0.3, -0.25) is 4.79 Å². The maximum atomic E-state index is 12.0. The van der Waals surface area contributed by atoms with E-state index < -0.39 is 5.54 Å². The van der Waals surface area contributed by atoms with Gasteiger partial charge in [0.15, 0.2) is 0 Å². The molecule has 1 fully saturated rings. The fourth-order valence-electron chi connectivity index (χ4n) is 2.53. The van der Waals surface area contributed by atoms with Crippen LogP contribution in [0.15, 0.2) is 0 Å². The normalized spacial score (nSPS) is 33.4. The second-order valence-electron chi connectivity index (χ2n) is 5.66. The molecule has 0 bridgehead atoms. The number of carbonyl (C=O) groups is 1. The molecule has 0 heterocycles. The van der Waals surface area contributed by atoms with Gasteiger partial charge in [-0.15, -0.1) is 0 Å². The Bertz CT molecular complexity index is 250. The molecule has 4 atom stereocenters. The molecule has 0 saturated heterocycles. The van der Waals surface area contributed by atoms with Crippen LogP contribution >= 0.6 is 0 Å². The van der Waals surface area contributed by atoms with Crippen molar-refractivity contribution in [3.63, 3.8) is 0 Å². The number of nitrogens with two attached hydrogens (primary N) is 1. The maximum Gasteiger partial charge on any atom is 0.240 e. The van der Waals surface area contributed by atoms with Crippen LogP contribution in [0.1, 0.15) is 53.4 Å². The monoisotopic (exact) mass is 226 g/mol. The summed E-state index contributed by atoms with van der Waals surface area (Å²) >= 11 is 0. The van der Waals surface area contributed by atoms with Gasteiger partial charge in [0.2, 0.25) is 5.91 Å². The Morgan fingerprint density at radius 2 is 2.06 bits per heavy atom. The molecule has 1 rings (SSSR count). The standard InChI is InChI=1S/C13H26N2O/c1-5-8-13(4,14)12(16)15-11-7-6-9(2)10(11)3/h9-11H,5-8,14H2,1-4H3,(H,15,16). The van der Waals surface area contributed by atoms with Crippen LogP contribution in [0.3, 0.4) is 0 Å². The summed E-state index contributed by atoms with van der Waals surface area (Å²) in [5.74, 6) is 1.29. The highest BCUT2D eigenvalue weighted by atomic mass is 16.2. The third-order valence-electron chi connectivity index (χ3n) is 4.07. The van der Waals surface area contributed by atoms with Gasteiger partial charge in [-0.1, -0.05) is 27.2 Å². The van der Waals surface area contributed by atoms with Crippen LogP contribution in [0, 0.1) is 11.8 Å². The zero-order valence-electron chi connectivity index (χ0n) is 11.0. The zero-order valence-corrected chi connectivity index (χ0v) is 11.0. The molecule has 3 nitrogen and oxygen atoms in total. The summed E-state index contributed by atoms with van der Waals surface area (Å²) in [6.45, 7) is 8.36. The van der Waals surface area contributed by atoms with Crippen molar-refractivity contribution in [1.29, 1.82) is 0 Å². The molecule has 16 heavy (non-hydrogen) atoms. The van der Waals surface area contributed by atoms with E-state index >= 15 is 0 Å². The predicted octanol–water partition coefficient (Wildman–Crippen LogP) is 2.05. The summed E-state index contributed by atoms with van der Waals surface area (Å²) in [7, 11) is 0. The molecule has 1 aliphatic carbocycles. The lowest BCUT2D eigenvalue weighted by Gasteiger charge is -2.27. The lowest BCUT2D eigenvalue weighted by atomic mass is 9.94. The van der Waals surface area contributed by atoms with Crippen molar-refractivity contribution in [1.82, 2.24) is 5.32 Å². The molecule has 1 saturated carbocycles. The van der Waals surface area contributed by atoms with E-state index in [1.807, 2.05) is 6.92 Å². The molecular formula is C13H26N2O. The van der Waals surface area contributed by atoms with Crippen LogP contribution in [0.5, 0.6) is 0 Å². The smallest absolute Gasteiger partial charge is 0.240 e. The van der Waals surface area contributed by atoms with Crippen molar-refractivity contribution in [2.24, 2.45) is 17.6 Å². The highest BCUT2D eigenvalue weighted by Gasteiger charge is 2.34. The van der Waals surface area contributed by atoms with E-state index in [2.05, 4.69) is 26.1 Å². The van der Waals surface area contributed by atoms with Crippen molar-refractivity contribution in [3.05, 3.63) is 0 Å². The highest BCUT2D eigenvalue weighted by Crippen LogP contribution is 2.31. The molecule has 94 valence electrons. The van der Waals surface area contributed by atoms with Gasteiger partial charge in [-0.25, -0.2) is 0 Å². The van der Waals surface area contributed by atoms with Gasteiger partial charge >= 0.3 is 0 Å². The number of hydrogen-bond donors (Lipinski definition) is 2. The lowest BCUT2D eigenvalue weighted by molar-refractivity contribution is -0.127. The molecular weight excluding hydrogens is 200 g/mol.